The molecular formula is C20H30N6O2. The van der Waals surface area contributed by atoms with E-state index in [9.17, 15) is 4.79 Å². The fourth-order valence-corrected chi connectivity index (χ4v) is 3.37. The van der Waals surface area contributed by atoms with Crippen molar-refractivity contribution >= 4 is 6.03 Å². The topological polar surface area (TPSA) is 84.3 Å². The molecule has 3 rings (SSSR count). The Kier molecular flexibility index (Phi) is 7.39. The fraction of sp³-hybridized carbons (Fsp3) is 0.550. The van der Waals surface area contributed by atoms with Gasteiger partial charge in [-0.15, -0.1) is 0 Å². The maximum atomic E-state index is 12.2. The highest BCUT2D eigenvalue weighted by atomic mass is 16.5. The molecule has 8 nitrogen and oxygen atoms in total. The van der Waals surface area contributed by atoms with Crippen molar-refractivity contribution in [1.29, 1.82) is 0 Å². The number of urea groups is 1. The summed E-state index contributed by atoms with van der Waals surface area (Å²) in [7, 11) is 0. The molecule has 0 aliphatic carbocycles. The molecule has 1 unspecified atom stereocenters. The number of hydrogen-bond donors (Lipinski definition) is 2. The molecule has 1 atom stereocenters. The van der Waals surface area contributed by atoms with Crippen LogP contribution in [0.5, 0.6) is 0 Å². The van der Waals surface area contributed by atoms with Crippen molar-refractivity contribution in [3.05, 3.63) is 42.6 Å². The SMILES string of the molecule is CC(C)CC(CNC(=O)NCc1ccc(-n2ccnc2)nc1)N1CCOCC1. The largest absolute Gasteiger partial charge is 0.379 e. The van der Waals surface area contributed by atoms with Gasteiger partial charge in [0, 0.05) is 50.8 Å². The average Bonchev–Trinajstić information content (AvgIpc) is 3.25. The normalized spacial score (nSPS) is 16.1. The Hall–Kier alpha value is -2.45. The summed E-state index contributed by atoms with van der Waals surface area (Å²) in [6, 6.07) is 4.05. The van der Waals surface area contributed by atoms with Crippen molar-refractivity contribution in [2.45, 2.75) is 32.9 Å². The smallest absolute Gasteiger partial charge is 0.315 e. The third-order valence-corrected chi connectivity index (χ3v) is 4.83. The van der Waals surface area contributed by atoms with Crippen LogP contribution in [-0.2, 0) is 11.3 Å². The quantitative estimate of drug-likeness (QED) is 0.723. The van der Waals surface area contributed by atoms with E-state index in [4.69, 9.17) is 4.74 Å². The Bertz CT molecular complexity index is 711. The lowest BCUT2D eigenvalue weighted by Gasteiger charge is -2.35. The van der Waals surface area contributed by atoms with Crippen molar-refractivity contribution in [2.24, 2.45) is 5.92 Å². The van der Waals surface area contributed by atoms with E-state index in [2.05, 4.69) is 39.3 Å². The molecule has 0 saturated carbocycles. The monoisotopic (exact) mass is 386 g/mol. The van der Waals surface area contributed by atoms with Crippen LogP contribution in [0.4, 0.5) is 4.79 Å². The lowest BCUT2D eigenvalue weighted by Crippen LogP contribution is -2.50. The van der Waals surface area contributed by atoms with Crippen LogP contribution in [0.1, 0.15) is 25.8 Å². The standard InChI is InChI=1S/C20H30N6O2/c1-16(2)11-18(25-7-9-28-10-8-25)14-24-20(27)23-13-17-3-4-19(22-12-17)26-6-5-21-15-26/h3-6,12,15-16,18H,7-11,13-14H2,1-2H3,(H2,23,24,27). The van der Waals surface area contributed by atoms with E-state index in [-0.39, 0.29) is 6.03 Å². The Morgan fingerprint density at radius 3 is 2.71 bits per heavy atom. The minimum absolute atomic E-state index is 0.152. The number of ether oxygens (including phenoxy) is 1. The first kappa shape index (κ1) is 20.3. The average molecular weight is 387 g/mol. The molecule has 8 heteroatoms. The highest BCUT2D eigenvalue weighted by Crippen LogP contribution is 2.13. The van der Waals surface area contributed by atoms with Gasteiger partial charge in [0.1, 0.15) is 12.1 Å². The van der Waals surface area contributed by atoms with Crippen molar-refractivity contribution in [2.75, 3.05) is 32.8 Å². The van der Waals surface area contributed by atoms with Gasteiger partial charge < -0.3 is 15.4 Å². The zero-order valence-electron chi connectivity index (χ0n) is 16.7. The molecule has 152 valence electrons. The minimum Gasteiger partial charge on any atom is -0.379 e. The molecule has 1 aliphatic heterocycles. The predicted molar refractivity (Wildman–Crippen MR) is 107 cm³/mol. The third kappa shape index (κ3) is 6.03. The number of aromatic nitrogens is 3. The van der Waals surface area contributed by atoms with Gasteiger partial charge in [0.15, 0.2) is 0 Å². The molecule has 0 radical (unpaired) electrons. The lowest BCUT2D eigenvalue weighted by molar-refractivity contribution is 0.0129. The number of nitrogens with zero attached hydrogens (tertiary/aromatic N) is 4. The maximum Gasteiger partial charge on any atom is 0.315 e. The second kappa shape index (κ2) is 10.2. The summed E-state index contributed by atoms with van der Waals surface area (Å²) < 4.78 is 7.29. The van der Waals surface area contributed by atoms with E-state index < -0.39 is 0 Å². The molecule has 2 aromatic heterocycles. The second-order valence-electron chi connectivity index (χ2n) is 7.49. The Morgan fingerprint density at radius 2 is 2.07 bits per heavy atom. The number of rotatable bonds is 8. The van der Waals surface area contributed by atoms with Gasteiger partial charge in [-0.3, -0.25) is 9.47 Å². The molecule has 0 spiro atoms. The molecule has 1 saturated heterocycles. The van der Waals surface area contributed by atoms with Crippen LogP contribution in [0, 0.1) is 5.92 Å². The van der Waals surface area contributed by atoms with E-state index in [1.54, 1.807) is 18.7 Å². The van der Waals surface area contributed by atoms with E-state index >= 15 is 0 Å². The minimum atomic E-state index is -0.152. The van der Waals surface area contributed by atoms with Gasteiger partial charge in [0.25, 0.3) is 0 Å². The van der Waals surface area contributed by atoms with Crippen LogP contribution in [0.15, 0.2) is 37.1 Å². The van der Waals surface area contributed by atoms with Gasteiger partial charge in [0.05, 0.1) is 13.2 Å². The van der Waals surface area contributed by atoms with Crippen LogP contribution in [0.25, 0.3) is 5.82 Å². The first-order valence-corrected chi connectivity index (χ1v) is 9.88. The number of morpholine rings is 1. The number of carbonyl (C=O) groups is 1. The van der Waals surface area contributed by atoms with Crippen LogP contribution >= 0.6 is 0 Å². The van der Waals surface area contributed by atoms with Crippen molar-refractivity contribution in [3.8, 4) is 5.82 Å². The van der Waals surface area contributed by atoms with Crippen LogP contribution < -0.4 is 10.6 Å². The molecule has 2 N–H and O–H groups in total. The Morgan fingerprint density at radius 1 is 1.25 bits per heavy atom. The van der Waals surface area contributed by atoms with Gasteiger partial charge in [-0.25, -0.2) is 14.8 Å². The van der Waals surface area contributed by atoms with E-state index in [1.165, 1.54) is 0 Å². The lowest BCUT2D eigenvalue weighted by atomic mass is 10.0. The summed E-state index contributed by atoms with van der Waals surface area (Å²) in [5, 5.41) is 5.94. The van der Waals surface area contributed by atoms with Crippen molar-refractivity contribution < 1.29 is 9.53 Å². The van der Waals surface area contributed by atoms with E-state index in [0.717, 1.165) is 44.1 Å². The summed E-state index contributed by atoms with van der Waals surface area (Å²) in [4.78, 5) is 23.1. The fourth-order valence-electron chi connectivity index (χ4n) is 3.37. The summed E-state index contributed by atoms with van der Waals surface area (Å²) in [5.41, 5.74) is 0.950. The summed E-state index contributed by atoms with van der Waals surface area (Å²) in [5.74, 6) is 1.38. The molecule has 0 aromatic carbocycles. The molecule has 3 heterocycles. The van der Waals surface area contributed by atoms with Crippen LogP contribution in [0.2, 0.25) is 0 Å². The summed E-state index contributed by atoms with van der Waals surface area (Å²) in [6.45, 7) is 8.90. The predicted octanol–water partition coefficient (Wildman–Crippen LogP) is 1.81. The van der Waals surface area contributed by atoms with Gasteiger partial charge in [-0.2, -0.15) is 0 Å². The number of pyridine rings is 1. The first-order chi connectivity index (χ1) is 13.6. The molecule has 1 aliphatic rings. The van der Waals surface area contributed by atoms with Gasteiger partial charge in [-0.05, 0) is 24.0 Å². The molecular weight excluding hydrogens is 356 g/mol. The first-order valence-electron chi connectivity index (χ1n) is 9.88. The molecule has 0 bridgehead atoms. The summed E-state index contributed by atoms with van der Waals surface area (Å²) >= 11 is 0. The molecule has 2 aromatic rings. The van der Waals surface area contributed by atoms with Crippen LogP contribution in [0.3, 0.4) is 0 Å². The third-order valence-electron chi connectivity index (χ3n) is 4.83. The Labute approximate surface area is 166 Å². The number of carbonyl (C=O) groups excluding carboxylic acids is 1. The number of amides is 2. The molecule has 2 amide bonds. The van der Waals surface area contributed by atoms with Gasteiger partial charge >= 0.3 is 6.03 Å². The zero-order chi connectivity index (χ0) is 19.8. The summed E-state index contributed by atoms with van der Waals surface area (Å²) in [6.07, 6.45) is 8.08. The second-order valence-corrected chi connectivity index (χ2v) is 7.49. The van der Waals surface area contributed by atoms with Crippen molar-refractivity contribution in [1.82, 2.24) is 30.1 Å². The van der Waals surface area contributed by atoms with Gasteiger partial charge in [-0.1, -0.05) is 19.9 Å². The van der Waals surface area contributed by atoms with E-state index in [0.29, 0.717) is 25.0 Å². The molecule has 28 heavy (non-hydrogen) atoms. The number of imidazole rings is 1. The van der Waals surface area contributed by atoms with Gasteiger partial charge in [0.2, 0.25) is 0 Å². The highest BCUT2D eigenvalue weighted by molar-refractivity contribution is 5.73. The molecule has 1 fully saturated rings. The van der Waals surface area contributed by atoms with E-state index in [1.807, 2.05) is 22.9 Å². The highest BCUT2D eigenvalue weighted by Gasteiger charge is 2.22. The Balaban J connectivity index is 1.45. The van der Waals surface area contributed by atoms with Crippen molar-refractivity contribution in [3.63, 3.8) is 0 Å². The maximum absolute atomic E-state index is 12.2. The number of hydrogen-bond acceptors (Lipinski definition) is 5. The number of nitrogens with one attached hydrogen (secondary N) is 2. The van der Waals surface area contributed by atoms with Crippen LogP contribution in [-0.4, -0.2) is 64.4 Å². The zero-order valence-corrected chi connectivity index (χ0v) is 16.7.